The number of rotatable bonds is 13. The summed E-state index contributed by atoms with van der Waals surface area (Å²) < 4.78 is 19.3. The summed E-state index contributed by atoms with van der Waals surface area (Å²) in [6, 6.07) is 4.11. The monoisotopic (exact) mass is 468 g/mol. The quantitative estimate of drug-likeness (QED) is 0.169. The van der Waals surface area contributed by atoms with E-state index in [1.165, 1.54) is 0 Å². The molecule has 5 heteroatoms. The summed E-state index contributed by atoms with van der Waals surface area (Å²) in [5, 5.41) is 0.177. The van der Waals surface area contributed by atoms with Crippen molar-refractivity contribution in [2.45, 2.75) is 71.2 Å². The summed E-state index contributed by atoms with van der Waals surface area (Å²) in [5.74, 6) is 1.61. The highest BCUT2D eigenvalue weighted by Gasteiger charge is 2.37. The lowest BCUT2D eigenvalue weighted by atomic mass is 10.2. The lowest BCUT2D eigenvalue weighted by Gasteiger charge is -2.36. The average molecular weight is 470 g/mol. The van der Waals surface area contributed by atoms with Crippen molar-refractivity contribution in [2.75, 3.05) is 13.2 Å². The summed E-state index contributed by atoms with van der Waals surface area (Å²) in [4.78, 5) is 0. The molecule has 0 aliphatic heterocycles. The molecule has 0 aliphatic carbocycles. The molecular weight excluding hydrogens is 432 g/mol. The number of benzene rings is 1. The van der Waals surface area contributed by atoms with E-state index in [-0.39, 0.29) is 5.04 Å². The Morgan fingerprint density at radius 1 is 0.964 bits per heavy atom. The van der Waals surface area contributed by atoms with Gasteiger partial charge in [0.25, 0.3) is 0 Å². The second kappa shape index (κ2) is 11.8. The maximum atomic E-state index is 6.40. The lowest BCUT2D eigenvalue weighted by Crippen LogP contribution is -2.40. The van der Waals surface area contributed by atoms with Gasteiger partial charge in [0, 0.05) is 0 Å². The van der Waals surface area contributed by atoms with Crippen molar-refractivity contribution in [3.8, 4) is 11.5 Å². The van der Waals surface area contributed by atoms with Crippen molar-refractivity contribution in [1.82, 2.24) is 0 Å². The maximum absolute atomic E-state index is 6.40. The minimum Gasteiger partial charge on any atom is -0.492 e. The van der Waals surface area contributed by atoms with Gasteiger partial charge >= 0.3 is 0 Å². The molecule has 0 atom stereocenters. The molecule has 0 unspecified atom stereocenters. The van der Waals surface area contributed by atoms with Crippen molar-refractivity contribution in [2.24, 2.45) is 0 Å². The smallest absolute Gasteiger partial charge is 0.192 e. The standard InChI is InChI=1S/C23H37BrO3Si/c1-8-10-12-14-25-20-16-19(18-27-28(6,7)23(3,4)5)17-21(22(20)24)26-15-13-11-9-2/h8-9,16-17H,1-2,10-15,18H2,3-7H3. The van der Waals surface area contributed by atoms with Crippen LogP contribution in [0.25, 0.3) is 0 Å². The number of unbranched alkanes of at least 4 members (excludes halogenated alkanes) is 2. The van der Waals surface area contributed by atoms with E-state index in [4.69, 9.17) is 13.9 Å². The SMILES string of the molecule is C=CCCCOc1cc(CO[Si](C)(C)C(C)(C)C)cc(OCCCC=C)c1Br. The lowest BCUT2D eigenvalue weighted by molar-refractivity contribution is 0.269. The van der Waals surface area contributed by atoms with Crippen LogP contribution >= 0.6 is 15.9 Å². The van der Waals surface area contributed by atoms with E-state index < -0.39 is 8.32 Å². The molecule has 0 aliphatic rings. The van der Waals surface area contributed by atoms with Gasteiger partial charge in [-0.1, -0.05) is 32.9 Å². The summed E-state index contributed by atoms with van der Waals surface area (Å²) in [5.41, 5.74) is 1.07. The molecule has 1 aromatic carbocycles. The zero-order valence-electron chi connectivity index (χ0n) is 18.3. The Kier molecular flexibility index (Phi) is 10.6. The Morgan fingerprint density at radius 2 is 1.43 bits per heavy atom. The number of allylic oxidation sites excluding steroid dienone is 2. The zero-order chi connectivity index (χ0) is 21.2. The molecule has 0 saturated heterocycles. The molecule has 0 radical (unpaired) electrons. The Balaban J connectivity index is 2.96. The van der Waals surface area contributed by atoms with Gasteiger partial charge < -0.3 is 13.9 Å². The molecule has 0 saturated carbocycles. The third kappa shape index (κ3) is 8.14. The predicted molar refractivity (Wildman–Crippen MR) is 126 cm³/mol. The van der Waals surface area contributed by atoms with Crippen LogP contribution in [0.4, 0.5) is 0 Å². The number of halogens is 1. The van der Waals surface area contributed by atoms with Crippen molar-refractivity contribution >= 4 is 24.2 Å². The van der Waals surface area contributed by atoms with Gasteiger partial charge in [0.15, 0.2) is 8.32 Å². The summed E-state index contributed by atoms with van der Waals surface area (Å²) >= 11 is 3.65. The third-order valence-electron chi connectivity index (χ3n) is 5.09. The van der Waals surface area contributed by atoms with Gasteiger partial charge in [-0.3, -0.25) is 0 Å². The van der Waals surface area contributed by atoms with Crippen LogP contribution in [0.1, 0.15) is 52.0 Å². The fourth-order valence-electron chi connectivity index (χ4n) is 2.22. The van der Waals surface area contributed by atoms with Gasteiger partial charge in [-0.2, -0.15) is 0 Å². The van der Waals surface area contributed by atoms with E-state index >= 15 is 0 Å². The first-order chi connectivity index (χ1) is 13.1. The third-order valence-corrected chi connectivity index (χ3v) is 10.4. The Bertz CT molecular complexity index is 598. The molecule has 1 aromatic rings. The van der Waals surface area contributed by atoms with Crippen molar-refractivity contribution < 1.29 is 13.9 Å². The highest BCUT2D eigenvalue weighted by Crippen LogP contribution is 2.39. The van der Waals surface area contributed by atoms with Crippen LogP contribution in [0, 0.1) is 0 Å². The second-order valence-electron chi connectivity index (χ2n) is 8.51. The summed E-state index contributed by atoms with van der Waals surface area (Å²) in [6.07, 6.45) is 7.59. The minimum atomic E-state index is -1.82. The van der Waals surface area contributed by atoms with E-state index in [1.54, 1.807) is 0 Å². The Morgan fingerprint density at radius 3 is 1.82 bits per heavy atom. The molecule has 0 N–H and O–H groups in total. The summed E-state index contributed by atoms with van der Waals surface area (Å²) in [6.45, 7) is 20.7. The highest BCUT2D eigenvalue weighted by molar-refractivity contribution is 9.10. The van der Waals surface area contributed by atoms with Crippen LogP contribution in [0.5, 0.6) is 11.5 Å². The first-order valence-electron chi connectivity index (χ1n) is 10.1. The van der Waals surface area contributed by atoms with Gasteiger partial charge in [0.1, 0.15) is 16.0 Å². The van der Waals surface area contributed by atoms with Gasteiger partial charge in [-0.05, 0) is 77.4 Å². The summed E-state index contributed by atoms with van der Waals surface area (Å²) in [7, 11) is -1.82. The molecule has 0 bridgehead atoms. The molecule has 158 valence electrons. The number of hydrogen-bond acceptors (Lipinski definition) is 3. The maximum Gasteiger partial charge on any atom is 0.192 e. The first-order valence-corrected chi connectivity index (χ1v) is 13.8. The van der Waals surface area contributed by atoms with Crippen LogP contribution in [0.15, 0.2) is 41.9 Å². The number of ether oxygens (including phenoxy) is 2. The van der Waals surface area contributed by atoms with Crippen LogP contribution in [-0.2, 0) is 11.0 Å². The molecule has 28 heavy (non-hydrogen) atoms. The average Bonchev–Trinajstić information content (AvgIpc) is 2.62. The van der Waals surface area contributed by atoms with Crippen molar-refractivity contribution in [3.05, 3.63) is 47.5 Å². The zero-order valence-corrected chi connectivity index (χ0v) is 20.9. The van der Waals surface area contributed by atoms with Crippen LogP contribution in [0.3, 0.4) is 0 Å². The van der Waals surface area contributed by atoms with Crippen LogP contribution in [0.2, 0.25) is 18.1 Å². The minimum absolute atomic E-state index is 0.177. The van der Waals surface area contributed by atoms with Crippen molar-refractivity contribution in [3.63, 3.8) is 0 Å². The number of hydrogen-bond donors (Lipinski definition) is 0. The molecule has 3 nitrogen and oxygen atoms in total. The van der Waals surface area contributed by atoms with E-state index in [0.29, 0.717) is 19.8 Å². The molecule has 0 aromatic heterocycles. The molecule has 0 heterocycles. The molecule has 0 amide bonds. The predicted octanol–water partition coefficient (Wildman–Crippen LogP) is 7.66. The molecule has 1 rings (SSSR count). The molecular formula is C23H37BrO3Si. The van der Waals surface area contributed by atoms with Gasteiger partial charge in [0.2, 0.25) is 0 Å². The largest absolute Gasteiger partial charge is 0.492 e. The second-order valence-corrected chi connectivity index (χ2v) is 14.1. The van der Waals surface area contributed by atoms with Crippen LogP contribution < -0.4 is 9.47 Å². The fraction of sp³-hybridized carbons (Fsp3) is 0.565. The van der Waals surface area contributed by atoms with Gasteiger partial charge in [-0.25, -0.2) is 0 Å². The van der Waals surface area contributed by atoms with E-state index in [9.17, 15) is 0 Å². The van der Waals surface area contributed by atoms with Crippen molar-refractivity contribution in [1.29, 1.82) is 0 Å². The Hall–Kier alpha value is -1.04. The fourth-order valence-corrected chi connectivity index (χ4v) is 3.64. The van der Waals surface area contributed by atoms with Crippen LogP contribution in [-0.4, -0.2) is 21.5 Å². The van der Waals surface area contributed by atoms with Gasteiger partial charge in [-0.15, -0.1) is 13.2 Å². The highest BCUT2D eigenvalue weighted by atomic mass is 79.9. The van der Waals surface area contributed by atoms with Gasteiger partial charge in [0.05, 0.1) is 19.8 Å². The van der Waals surface area contributed by atoms with E-state index in [2.05, 4.69) is 75.1 Å². The molecule has 0 fully saturated rings. The normalized spacial score (nSPS) is 11.9. The molecule has 0 spiro atoms. The van der Waals surface area contributed by atoms with E-state index in [1.807, 2.05) is 12.2 Å². The topological polar surface area (TPSA) is 27.7 Å². The Labute approximate surface area is 181 Å². The first kappa shape index (κ1) is 25.0. The van der Waals surface area contributed by atoms with E-state index in [0.717, 1.165) is 47.2 Å².